The molecule has 3 N–H and O–H groups in total. The maximum absolute atomic E-state index is 15.6. The summed E-state index contributed by atoms with van der Waals surface area (Å²) in [6.07, 6.45) is 8.62. The van der Waals surface area contributed by atoms with Gasteiger partial charge in [-0.3, -0.25) is 9.48 Å². The van der Waals surface area contributed by atoms with Gasteiger partial charge in [0.15, 0.2) is 11.6 Å². The Hall–Kier alpha value is -5.49. The lowest BCUT2D eigenvalue weighted by Crippen LogP contribution is -2.13. The van der Waals surface area contributed by atoms with Crippen molar-refractivity contribution < 1.29 is 13.9 Å². The summed E-state index contributed by atoms with van der Waals surface area (Å²) in [7, 11) is 1.84. The number of nitrogens with zero attached hydrogens (tertiary/aromatic N) is 6. The molecule has 6 aromatic rings. The number of hydrogen-bond acceptors (Lipinski definition) is 9. The molecule has 0 spiro atoms. The molecule has 0 unspecified atom stereocenters. The molecule has 10 nitrogen and oxygen atoms in total. The number of aryl methyl sites for hydroxylation is 3. The Balaban J connectivity index is 1.54. The van der Waals surface area contributed by atoms with Gasteiger partial charge in [0.05, 0.1) is 6.20 Å². The molecule has 5 heterocycles. The van der Waals surface area contributed by atoms with E-state index in [0.29, 0.717) is 39.4 Å². The van der Waals surface area contributed by atoms with E-state index in [1.807, 2.05) is 20.2 Å². The molecule has 0 aliphatic heterocycles. The molecular weight excluding hydrogens is 579 g/mol. The minimum Gasteiger partial charge on any atom is -0.421 e. The summed E-state index contributed by atoms with van der Waals surface area (Å²) in [5.74, 6) is -0.236. The summed E-state index contributed by atoms with van der Waals surface area (Å²) in [5.41, 5.74) is 12.2. The van der Waals surface area contributed by atoms with Crippen molar-refractivity contribution in [2.24, 2.45) is 7.05 Å². The Morgan fingerprint density at radius 3 is 2.55 bits per heavy atom. The van der Waals surface area contributed by atoms with Crippen molar-refractivity contribution in [2.45, 2.75) is 20.8 Å². The minimum atomic E-state index is -0.597. The summed E-state index contributed by atoms with van der Waals surface area (Å²) in [6, 6.07) is 8.27. The second kappa shape index (κ2) is 11.3. The fourth-order valence-corrected chi connectivity index (χ4v) is 6.19. The van der Waals surface area contributed by atoms with Crippen LogP contribution in [0.3, 0.4) is 0 Å². The van der Waals surface area contributed by atoms with E-state index in [4.69, 9.17) is 10.5 Å². The minimum absolute atomic E-state index is 0.0157. The van der Waals surface area contributed by atoms with Crippen molar-refractivity contribution in [1.29, 1.82) is 0 Å². The van der Waals surface area contributed by atoms with Crippen LogP contribution in [0.5, 0.6) is 11.8 Å². The van der Waals surface area contributed by atoms with Crippen molar-refractivity contribution in [3.05, 3.63) is 90.5 Å². The SMILES string of the molecule is C=C(C)C(=O)Nc1cc(C)c(-c2sc3c(-c4cnn(C)c4)cnc(N)c3c2-c2ccc(Oc3nccc(C)n3)c(F)c2)cn1. The number of hydrogen-bond donors (Lipinski definition) is 2. The Morgan fingerprint density at radius 1 is 1.07 bits per heavy atom. The number of pyridine rings is 2. The number of nitrogen functional groups attached to an aromatic ring is 1. The smallest absolute Gasteiger partial charge is 0.322 e. The van der Waals surface area contributed by atoms with Gasteiger partial charge in [0.1, 0.15) is 11.6 Å². The van der Waals surface area contributed by atoms with Crippen molar-refractivity contribution in [3.8, 4) is 44.5 Å². The van der Waals surface area contributed by atoms with Gasteiger partial charge in [-0.05, 0) is 56.2 Å². The zero-order valence-electron chi connectivity index (χ0n) is 24.3. The van der Waals surface area contributed by atoms with Crippen molar-refractivity contribution in [2.75, 3.05) is 11.1 Å². The van der Waals surface area contributed by atoms with E-state index in [-0.39, 0.29) is 17.7 Å². The van der Waals surface area contributed by atoms with Crippen molar-refractivity contribution >= 4 is 39.0 Å². The van der Waals surface area contributed by atoms with Crippen LogP contribution in [0.1, 0.15) is 18.2 Å². The number of fused-ring (bicyclic) bond motifs is 1. The van der Waals surface area contributed by atoms with Crippen LogP contribution in [0.25, 0.3) is 42.8 Å². The third kappa shape index (κ3) is 5.38. The van der Waals surface area contributed by atoms with Gasteiger partial charge < -0.3 is 15.8 Å². The zero-order valence-corrected chi connectivity index (χ0v) is 25.2. The average Bonchev–Trinajstić information content (AvgIpc) is 3.59. The third-order valence-electron chi connectivity index (χ3n) is 6.94. The molecular formula is C32H27FN8O2S. The lowest BCUT2D eigenvalue weighted by atomic mass is 9.96. The van der Waals surface area contributed by atoms with Crippen LogP contribution in [0.2, 0.25) is 0 Å². The second-order valence-corrected chi connectivity index (χ2v) is 11.3. The van der Waals surface area contributed by atoms with Gasteiger partial charge >= 0.3 is 6.01 Å². The molecule has 0 saturated heterocycles. The number of carbonyl (C=O) groups is 1. The number of halogens is 1. The van der Waals surface area contributed by atoms with Gasteiger partial charge in [0.2, 0.25) is 0 Å². The van der Waals surface area contributed by atoms with Crippen LogP contribution in [0.4, 0.5) is 16.0 Å². The maximum Gasteiger partial charge on any atom is 0.322 e. The van der Waals surface area contributed by atoms with Crippen LogP contribution < -0.4 is 15.8 Å². The first-order valence-corrected chi connectivity index (χ1v) is 14.3. The predicted molar refractivity (Wildman–Crippen MR) is 170 cm³/mol. The molecule has 0 radical (unpaired) electrons. The first-order chi connectivity index (χ1) is 21.1. The lowest BCUT2D eigenvalue weighted by Gasteiger charge is -2.12. The highest BCUT2D eigenvalue weighted by molar-refractivity contribution is 7.23. The molecule has 0 aliphatic rings. The molecule has 0 aliphatic carbocycles. The number of aromatic nitrogens is 6. The predicted octanol–water partition coefficient (Wildman–Crippen LogP) is 6.86. The molecule has 1 aromatic carbocycles. The molecule has 0 saturated carbocycles. The van der Waals surface area contributed by atoms with Gasteiger partial charge in [0, 0.05) is 80.3 Å². The van der Waals surface area contributed by atoms with Crippen LogP contribution >= 0.6 is 11.3 Å². The number of nitrogens with one attached hydrogen (secondary N) is 1. The fourth-order valence-electron chi connectivity index (χ4n) is 4.75. The van der Waals surface area contributed by atoms with Crippen molar-refractivity contribution in [3.63, 3.8) is 0 Å². The van der Waals surface area contributed by atoms with Gasteiger partial charge in [-0.2, -0.15) is 5.10 Å². The van der Waals surface area contributed by atoms with Gasteiger partial charge in [0.25, 0.3) is 5.91 Å². The average molecular weight is 607 g/mol. The zero-order chi connectivity index (χ0) is 31.1. The van der Waals surface area contributed by atoms with Crippen molar-refractivity contribution in [1.82, 2.24) is 29.7 Å². The van der Waals surface area contributed by atoms with E-state index < -0.39 is 5.82 Å². The quantitative estimate of drug-likeness (QED) is 0.188. The van der Waals surface area contributed by atoms with E-state index in [0.717, 1.165) is 31.8 Å². The summed E-state index contributed by atoms with van der Waals surface area (Å²) >= 11 is 1.50. The highest BCUT2D eigenvalue weighted by Crippen LogP contribution is 2.50. The van der Waals surface area contributed by atoms with E-state index in [1.54, 1.807) is 67.6 Å². The van der Waals surface area contributed by atoms with Gasteiger partial charge in [-0.15, -0.1) is 11.3 Å². The van der Waals surface area contributed by atoms with E-state index in [2.05, 4.69) is 36.9 Å². The molecule has 1 amide bonds. The number of anilines is 2. The second-order valence-electron chi connectivity index (χ2n) is 10.3. The van der Waals surface area contributed by atoms with Gasteiger partial charge in [-0.1, -0.05) is 12.6 Å². The highest BCUT2D eigenvalue weighted by atomic mass is 32.1. The third-order valence-corrected chi connectivity index (χ3v) is 8.19. The topological polar surface area (TPSA) is 134 Å². The highest BCUT2D eigenvalue weighted by Gasteiger charge is 2.24. The molecule has 0 bridgehead atoms. The molecule has 6 rings (SSSR count). The summed E-state index contributed by atoms with van der Waals surface area (Å²) < 4.78 is 23.9. The molecule has 12 heteroatoms. The van der Waals surface area contributed by atoms with Crippen LogP contribution in [-0.2, 0) is 11.8 Å². The lowest BCUT2D eigenvalue weighted by molar-refractivity contribution is -0.112. The molecule has 0 fully saturated rings. The normalized spacial score (nSPS) is 11.1. The Kier molecular flexibility index (Phi) is 7.35. The number of amides is 1. The van der Waals surface area contributed by atoms with E-state index >= 15 is 4.39 Å². The number of ether oxygens (including phenoxy) is 1. The molecule has 5 aromatic heterocycles. The van der Waals surface area contributed by atoms with Crippen LogP contribution in [0, 0.1) is 19.7 Å². The maximum atomic E-state index is 15.6. The number of carbonyl (C=O) groups excluding carboxylic acids is 1. The van der Waals surface area contributed by atoms with E-state index in [1.165, 1.54) is 17.4 Å². The number of benzene rings is 1. The summed E-state index contributed by atoms with van der Waals surface area (Å²) in [5, 5.41) is 7.76. The number of nitrogens with two attached hydrogens (primary N) is 1. The standard InChI is InChI=1S/C32H27FN8O2S/c1-16(2)31(42)40-25-10-17(3)21(13-36-25)28-26(19-6-7-24(23(33)11-19)43-32-35-9-8-18(4)39-32)27-29(44-28)22(14-37-30(27)34)20-12-38-41(5)15-20/h6-15H,1H2,2-5H3,(H2,34,37)(H,36,40,42). The summed E-state index contributed by atoms with van der Waals surface area (Å²) in [6.45, 7) is 9.03. The molecule has 0 atom stereocenters. The van der Waals surface area contributed by atoms with Gasteiger partial charge in [-0.25, -0.2) is 24.3 Å². The number of thiophene rings is 1. The number of rotatable bonds is 7. The monoisotopic (exact) mass is 606 g/mol. The first kappa shape index (κ1) is 28.6. The molecule has 44 heavy (non-hydrogen) atoms. The van der Waals surface area contributed by atoms with E-state index in [9.17, 15) is 4.79 Å². The largest absolute Gasteiger partial charge is 0.421 e. The fraction of sp³-hybridized carbons (Fsp3) is 0.125. The molecule has 220 valence electrons. The Bertz CT molecular complexity index is 2100. The summed E-state index contributed by atoms with van der Waals surface area (Å²) in [4.78, 5) is 30.3. The Morgan fingerprint density at radius 2 is 1.86 bits per heavy atom. The Labute approximate surface area is 256 Å². The van der Waals surface area contributed by atoms with Crippen LogP contribution in [0.15, 0.2) is 73.5 Å². The first-order valence-electron chi connectivity index (χ1n) is 13.5. The van der Waals surface area contributed by atoms with Crippen LogP contribution in [-0.4, -0.2) is 35.6 Å².